The Bertz CT molecular complexity index is 461. The van der Waals surface area contributed by atoms with E-state index in [9.17, 15) is 4.79 Å². The number of benzene rings is 1. The van der Waals surface area contributed by atoms with E-state index >= 15 is 0 Å². The largest absolute Gasteiger partial charge is 0.325 e. The van der Waals surface area contributed by atoms with Crippen LogP contribution in [0.5, 0.6) is 0 Å². The van der Waals surface area contributed by atoms with Crippen LogP contribution in [0.15, 0.2) is 22.7 Å². The Morgan fingerprint density at radius 1 is 1.53 bits per heavy atom. The number of nitrogens with one attached hydrogen (secondary N) is 1. The van der Waals surface area contributed by atoms with Gasteiger partial charge < -0.3 is 5.32 Å². The van der Waals surface area contributed by atoms with Crippen LogP contribution in [0.4, 0.5) is 5.69 Å². The van der Waals surface area contributed by atoms with Gasteiger partial charge in [-0.25, -0.2) is 0 Å². The van der Waals surface area contributed by atoms with Gasteiger partial charge in [0.25, 0.3) is 0 Å². The number of nitrogens with zero attached hydrogens (tertiary/aromatic N) is 1. The van der Waals surface area contributed by atoms with Crippen LogP contribution in [0.3, 0.4) is 0 Å². The molecular formula is C15H21BrN2O. The van der Waals surface area contributed by atoms with E-state index in [-0.39, 0.29) is 5.91 Å². The van der Waals surface area contributed by atoms with Gasteiger partial charge in [0, 0.05) is 16.7 Å². The van der Waals surface area contributed by atoms with E-state index in [0.717, 1.165) is 23.2 Å². The fraction of sp³-hybridized carbons (Fsp3) is 0.533. The van der Waals surface area contributed by atoms with E-state index in [1.165, 1.54) is 18.4 Å². The van der Waals surface area contributed by atoms with Crippen molar-refractivity contribution in [3.05, 3.63) is 28.2 Å². The Balaban J connectivity index is 1.88. The minimum Gasteiger partial charge on any atom is -0.325 e. The first-order valence-corrected chi connectivity index (χ1v) is 7.62. The molecule has 2 rings (SSSR count). The van der Waals surface area contributed by atoms with Crippen molar-refractivity contribution in [3.8, 4) is 0 Å². The maximum atomic E-state index is 12.0. The van der Waals surface area contributed by atoms with E-state index in [2.05, 4.69) is 33.1 Å². The van der Waals surface area contributed by atoms with Crippen LogP contribution >= 0.6 is 15.9 Å². The van der Waals surface area contributed by atoms with E-state index in [4.69, 9.17) is 0 Å². The number of piperidine rings is 1. The molecule has 0 bridgehead atoms. The van der Waals surface area contributed by atoms with Crippen LogP contribution in [-0.2, 0) is 4.79 Å². The number of hydrogen-bond donors (Lipinski definition) is 1. The highest BCUT2D eigenvalue weighted by Crippen LogP contribution is 2.21. The lowest BCUT2D eigenvalue weighted by atomic mass is 10.0. The summed E-state index contributed by atoms with van der Waals surface area (Å²) in [7, 11) is 0. The molecule has 1 aliphatic heterocycles. The van der Waals surface area contributed by atoms with Gasteiger partial charge in [-0.3, -0.25) is 9.69 Å². The van der Waals surface area contributed by atoms with Gasteiger partial charge in [0.05, 0.1) is 6.54 Å². The van der Waals surface area contributed by atoms with Crippen LogP contribution in [0.1, 0.15) is 25.3 Å². The van der Waals surface area contributed by atoms with Crippen LogP contribution in [0.2, 0.25) is 0 Å². The lowest BCUT2D eigenvalue weighted by Gasteiger charge is -2.30. The molecule has 0 saturated carbocycles. The number of hydrogen-bond acceptors (Lipinski definition) is 2. The topological polar surface area (TPSA) is 32.3 Å². The summed E-state index contributed by atoms with van der Waals surface area (Å²) in [4.78, 5) is 14.3. The summed E-state index contributed by atoms with van der Waals surface area (Å²) >= 11 is 3.48. The zero-order chi connectivity index (χ0) is 13.8. The zero-order valence-corrected chi connectivity index (χ0v) is 13.2. The van der Waals surface area contributed by atoms with Gasteiger partial charge in [-0.2, -0.15) is 0 Å². The third-order valence-corrected chi connectivity index (χ3v) is 4.42. The van der Waals surface area contributed by atoms with Gasteiger partial charge in [0.15, 0.2) is 0 Å². The Labute approximate surface area is 123 Å². The zero-order valence-electron chi connectivity index (χ0n) is 11.6. The second kappa shape index (κ2) is 6.53. The van der Waals surface area contributed by atoms with Gasteiger partial charge >= 0.3 is 0 Å². The molecule has 1 amide bonds. The minimum absolute atomic E-state index is 0.0739. The molecule has 104 valence electrons. The molecule has 1 saturated heterocycles. The smallest absolute Gasteiger partial charge is 0.238 e. The predicted molar refractivity (Wildman–Crippen MR) is 82.3 cm³/mol. The summed E-state index contributed by atoms with van der Waals surface area (Å²) < 4.78 is 1.02. The molecular weight excluding hydrogens is 304 g/mol. The Hall–Kier alpha value is -0.870. The minimum atomic E-state index is 0.0739. The Kier molecular flexibility index (Phi) is 4.99. The molecule has 1 fully saturated rings. The van der Waals surface area contributed by atoms with Gasteiger partial charge in [-0.1, -0.05) is 28.9 Å². The third-order valence-electron chi connectivity index (χ3n) is 3.56. The second-order valence-electron chi connectivity index (χ2n) is 5.49. The summed E-state index contributed by atoms with van der Waals surface area (Å²) in [6.07, 6.45) is 2.48. The molecule has 3 nitrogen and oxygen atoms in total. The van der Waals surface area contributed by atoms with E-state index in [0.29, 0.717) is 12.5 Å². The quantitative estimate of drug-likeness (QED) is 0.923. The summed E-state index contributed by atoms with van der Waals surface area (Å²) in [5, 5.41) is 2.96. The highest BCUT2D eigenvalue weighted by atomic mass is 79.9. The predicted octanol–water partition coefficient (Wildman–Crippen LogP) is 3.43. The standard InChI is InChI=1S/C15H21BrN2O/c1-11-4-3-7-18(9-11)10-15(19)17-13-6-5-12(2)14(16)8-13/h5-6,8,11H,3-4,7,9-10H2,1-2H3,(H,17,19)/t11-/m1/s1. The summed E-state index contributed by atoms with van der Waals surface area (Å²) in [6.45, 7) is 6.85. The van der Waals surface area contributed by atoms with Crippen molar-refractivity contribution in [3.63, 3.8) is 0 Å². The fourth-order valence-corrected chi connectivity index (χ4v) is 2.88. The van der Waals surface area contributed by atoms with Gasteiger partial charge in [-0.15, -0.1) is 0 Å². The maximum absolute atomic E-state index is 12.0. The third kappa shape index (κ3) is 4.32. The van der Waals surface area contributed by atoms with Crippen molar-refractivity contribution in [2.75, 3.05) is 25.0 Å². The van der Waals surface area contributed by atoms with Crippen LogP contribution < -0.4 is 5.32 Å². The number of rotatable bonds is 3. The Morgan fingerprint density at radius 2 is 2.32 bits per heavy atom. The second-order valence-corrected chi connectivity index (χ2v) is 6.35. The van der Waals surface area contributed by atoms with Crippen molar-refractivity contribution in [2.45, 2.75) is 26.7 Å². The monoisotopic (exact) mass is 324 g/mol. The summed E-state index contributed by atoms with van der Waals surface area (Å²) in [6, 6.07) is 5.89. The normalized spacial score (nSPS) is 20.3. The molecule has 1 heterocycles. The maximum Gasteiger partial charge on any atom is 0.238 e. The molecule has 19 heavy (non-hydrogen) atoms. The molecule has 0 spiro atoms. The van der Waals surface area contributed by atoms with Crippen molar-refractivity contribution < 1.29 is 4.79 Å². The summed E-state index contributed by atoms with van der Waals surface area (Å²) in [5.74, 6) is 0.778. The molecule has 0 unspecified atom stereocenters. The number of anilines is 1. The highest BCUT2D eigenvalue weighted by molar-refractivity contribution is 9.10. The molecule has 1 N–H and O–H groups in total. The van der Waals surface area contributed by atoms with Crippen LogP contribution in [0.25, 0.3) is 0 Å². The van der Waals surface area contributed by atoms with Crippen LogP contribution in [-0.4, -0.2) is 30.4 Å². The first kappa shape index (κ1) is 14.5. The highest BCUT2D eigenvalue weighted by Gasteiger charge is 2.18. The lowest BCUT2D eigenvalue weighted by molar-refractivity contribution is -0.117. The number of aryl methyl sites for hydroxylation is 1. The first-order valence-electron chi connectivity index (χ1n) is 6.83. The molecule has 0 aromatic heterocycles. The molecule has 1 aromatic rings. The molecule has 1 aromatic carbocycles. The fourth-order valence-electron chi connectivity index (χ4n) is 2.50. The first-order chi connectivity index (χ1) is 9.04. The molecule has 1 atom stereocenters. The molecule has 4 heteroatoms. The number of carbonyl (C=O) groups excluding carboxylic acids is 1. The van der Waals surface area contributed by atoms with E-state index < -0.39 is 0 Å². The van der Waals surface area contributed by atoms with E-state index in [1.807, 2.05) is 25.1 Å². The average Bonchev–Trinajstić information content (AvgIpc) is 2.34. The van der Waals surface area contributed by atoms with Gasteiger partial charge in [0.1, 0.15) is 0 Å². The Morgan fingerprint density at radius 3 is 3.00 bits per heavy atom. The number of amides is 1. The van der Waals surface area contributed by atoms with Crippen molar-refractivity contribution in [1.29, 1.82) is 0 Å². The number of carbonyl (C=O) groups is 1. The van der Waals surface area contributed by atoms with Gasteiger partial charge in [0.2, 0.25) is 5.91 Å². The SMILES string of the molecule is Cc1ccc(NC(=O)CN2CCC[C@@H](C)C2)cc1Br. The van der Waals surface area contributed by atoms with Crippen molar-refractivity contribution >= 4 is 27.5 Å². The van der Waals surface area contributed by atoms with Crippen molar-refractivity contribution in [1.82, 2.24) is 4.90 Å². The molecule has 0 radical (unpaired) electrons. The van der Waals surface area contributed by atoms with Gasteiger partial charge in [-0.05, 0) is 49.9 Å². The van der Waals surface area contributed by atoms with E-state index in [1.54, 1.807) is 0 Å². The lowest BCUT2D eigenvalue weighted by Crippen LogP contribution is -2.39. The molecule has 0 aliphatic carbocycles. The number of halogens is 1. The average molecular weight is 325 g/mol. The van der Waals surface area contributed by atoms with Crippen LogP contribution in [0, 0.1) is 12.8 Å². The number of likely N-dealkylation sites (tertiary alicyclic amines) is 1. The summed E-state index contributed by atoms with van der Waals surface area (Å²) in [5.41, 5.74) is 2.02. The molecule has 1 aliphatic rings. The van der Waals surface area contributed by atoms with Crippen molar-refractivity contribution in [2.24, 2.45) is 5.92 Å².